The lowest BCUT2D eigenvalue weighted by Gasteiger charge is -2.09. The van der Waals surface area contributed by atoms with Crippen molar-refractivity contribution in [3.05, 3.63) is 52.0 Å². The summed E-state index contributed by atoms with van der Waals surface area (Å²) >= 11 is 13.2. The van der Waals surface area contributed by atoms with E-state index in [0.29, 0.717) is 9.92 Å². The van der Waals surface area contributed by atoms with Gasteiger partial charge in [0.1, 0.15) is 5.75 Å². The third-order valence-corrected chi connectivity index (χ3v) is 4.92. The molecule has 0 bridgehead atoms. The number of phenols is 1. The summed E-state index contributed by atoms with van der Waals surface area (Å²) in [5.74, 6) is 0.0427. The third-order valence-electron chi connectivity index (χ3n) is 3.54. The molecule has 2 aromatic carbocycles. The van der Waals surface area contributed by atoms with Gasteiger partial charge in [-0.05, 0) is 54.6 Å². The summed E-state index contributed by atoms with van der Waals surface area (Å²) in [6.07, 6.45) is 6.23. The number of aryl methyl sites for hydroxylation is 1. The Hall–Kier alpha value is -1.03. The standard InChI is InChI=1S/C18H21Cl2NOS/c1-2-3-4-5-6-13-7-9-15(10-8-13)21-23-17-12-14(19)11-16(20)18(17)22/h7-12,21-22H,2-6H2,1H3. The van der Waals surface area contributed by atoms with Crippen LogP contribution in [0.3, 0.4) is 0 Å². The van der Waals surface area contributed by atoms with Crippen molar-refractivity contribution >= 4 is 40.8 Å². The Morgan fingerprint density at radius 3 is 2.48 bits per heavy atom. The van der Waals surface area contributed by atoms with Crippen LogP contribution in [0.5, 0.6) is 5.75 Å². The Bertz CT molecular complexity index is 632. The highest BCUT2D eigenvalue weighted by atomic mass is 35.5. The maximum Gasteiger partial charge on any atom is 0.149 e. The van der Waals surface area contributed by atoms with E-state index in [2.05, 4.69) is 23.8 Å². The van der Waals surface area contributed by atoms with Crippen molar-refractivity contribution in [3.63, 3.8) is 0 Å². The van der Waals surface area contributed by atoms with Crippen molar-refractivity contribution in [3.8, 4) is 5.75 Å². The topological polar surface area (TPSA) is 32.3 Å². The predicted molar refractivity (Wildman–Crippen MR) is 102 cm³/mol. The summed E-state index contributed by atoms with van der Waals surface area (Å²) in [5, 5.41) is 10.7. The summed E-state index contributed by atoms with van der Waals surface area (Å²) in [5.41, 5.74) is 2.33. The van der Waals surface area contributed by atoms with E-state index >= 15 is 0 Å². The highest BCUT2D eigenvalue weighted by molar-refractivity contribution is 8.00. The first-order valence-electron chi connectivity index (χ1n) is 7.80. The Labute approximate surface area is 152 Å². The molecule has 2 nitrogen and oxygen atoms in total. The minimum Gasteiger partial charge on any atom is -0.505 e. The SMILES string of the molecule is CCCCCCc1ccc(NSc2cc(Cl)cc(Cl)c2O)cc1. The molecular formula is C18H21Cl2NOS. The highest BCUT2D eigenvalue weighted by Crippen LogP contribution is 2.37. The van der Waals surface area contributed by atoms with Crippen molar-refractivity contribution in [1.29, 1.82) is 0 Å². The molecule has 0 radical (unpaired) electrons. The number of benzene rings is 2. The zero-order valence-corrected chi connectivity index (χ0v) is 15.4. The molecule has 124 valence electrons. The summed E-state index contributed by atoms with van der Waals surface area (Å²) in [4.78, 5) is 0.603. The first-order chi connectivity index (χ1) is 11.1. The van der Waals surface area contributed by atoms with Crippen LogP contribution in [-0.4, -0.2) is 5.11 Å². The lowest BCUT2D eigenvalue weighted by atomic mass is 10.1. The van der Waals surface area contributed by atoms with E-state index in [1.165, 1.54) is 49.3 Å². The molecule has 0 spiro atoms. The second-order valence-electron chi connectivity index (χ2n) is 5.45. The van der Waals surface area contributed by atoms with E-state index < -0.39 is 0 Å². The number of aromatic hydroxyl groups is 1. The van der Waals surface area contributed by atoms with E-state index in [1.807, 2.05) is 12.1 Å². The number of rotatable bonds is 8. The molecule has 0 fully saturated rings. The summed E-state index contributed by atoms with van der Waals surface area (Å²) in [6.45, 7) is 2.23. The first-order valence-corrected chi connectivity index (χ1v) is 9.37. The summed E-state index contributed by atoms with van der Waals surface area (Å²) in [6, 6.07) is 11.6. The van der Waals surface area contributed by atoms with Crippen molar-refractivity contribution < 1.29 is 5.11 Å². The van der Waals surface area contributed by atoms with Gasteiger partial charge in [-0.15, -0.1) is 0 Å². The molecule has 23 heavy (non-hydrogen) atoms. The van der Waals surface area contributed by atoms with Gasteiger partial charge in [0, 0.05) is 10.7 Å². The second kappa shape index (κ2) is 9.31. The Morgan fingerprint density at radius 1 is 1.04 bits per heavy atom. The largest absolute Gasteiger partial charge is 0.505 e. The lowest BCUT2D eigenvalue weighted by molar-refractivity contribution is 0.463. The minimum atomic E-state index is 0.0427. The van der Waals surface area contributed by atoms with Gasteiger partial charge in [-0.2, -0.15) is 0 Å². The normalized spacial score (nSPS) is 10.7. The van der Waals surface area contributed by atoms with Gasteiger partial charge in [0.15, 0.2) is 0 Å². The zero-order valence-electron chi connectivity index (χ0n) is 13.1. The fraction of sp³-hybridized carbons (Fsp3) is 0.333. The smallest absolute Gasteiger partial charge is 0.149 e. The molecule has 0 aliphatic carbocycles. The number of hydrogen-bond donors (Lipinski definition) is 2. The van der Waals surface area contributed by atoms with Gasteiger partial charge in [-0.1, -0.05) is 61.5 Å². The summed E-state index contributed by atoms with van der Waals surface area (Å²) < 4.78 is 3.20. The van der Waals surface area contributed by atoms with Crippen LogP contribution in [0.4, 0.5) is 5.69 Å². The number of halogens is 2. The van der Waals surface area contributed by atoms with Gasteiger partial charge in [-0.3, -0.25) is 0 Å². The molecule has 0 heterocycles. The fourth-order valence-electron chi connectivity index (χ4n) is 2.23. The molecule has 0 saturated heterocycles. The summed E-state index contributed by atoms with van der Waals surface area (Å²) in [7, 11) is 0. The molecule has 0 aliphatic rings. The third kappa shape index (κ3) is 5.83. The van der Waals surface area contributed by atoms with E-state index in [1.54, 1.807) is 6.07 Å². The van der Waals surface area contributed by atoms with E-state index in [9.17, 15) is 5.11 Å². The van der Waals surface area contributed by atoms with Crippen LogP contribution in [0.1, 0.15) is 38.2 Å². The molecule has 0 aliphatic heterocycles. The van der Waals surface area contributed by atoms with Crippen LogP contribution in [0, 0.1) is 0 Å². The highest BCUT2D eigenvalue weighted by Gasteiger charge is 2.08. The number of hydrogen-bond acceptors (Lipinski definition) is 3. The molecule has 2 N–H and O–H groups in total. The Balaban J connectivity index is 1.89. The van der Waals surface area contributed by atoms with Crippen molar-refractivity contribution in [2.75, 3.05) is 4.72 Å². The average molecular weight is 370 g/mol. The first kappa shape index (κ1) is 18.3. The van der Waals surface area contributed by atoms with Gasteiger partial charge < -0.3 is 9.83 Å². The Kier molecular flexibility index (Phi) is 7.41. The number of phenolic OH excluding ortho intramolecular Hbond substituents is 1. The van der Waals surface area contributed by atoms with E-state index in [-0.39, 0.29) is 10.8 Å². The van der Waals surface area contributed by atoms with Gasteiger partial charge in [-0.25, -0.2) is 0 Å². The molecular weight excluding hydrogens is 349 g/mol. The lowest BCUT2D eigenvalue weighted by Crippen LogP contribution is -1.90. The molecule has 0 aromatic heterocycles. The van der Waals surface area contributed by atoms with Crippen LogP contribution in [-0.2, 0) is 6.42 Å². The van der Waals surface area contributed by atoms with Crippen molar-refractivity contribution in [1.82, 2.24) is 0 Å². The van der Waals surface area contributed by atoms with Crippen LogP contribution in [0.2, 0.25) is 10.0 Å². The maximum atomic E-state index is 9.93. The fourth-order valence-corrected chi connectivity index (χ4v) is 3.60. The number of anilines is 1. The van der Waals surface area contributed by atoms with Crippen molar-refractivity contribution in [2.24, 2.45) is 0 Å². The van der Waals surface area contributed by atoms with Crippen LogP contribution >= 0.6 is 35.1 Å². The predicted octanol–water partition coefficient (Wildman–Crippen LogP) is 6.94. The molecule has 2 rings (SSSR count). The minimum absolute atomic E-state index is 0.0427. The molecule has 0 atom stereocenters. The molecule has 0 unspecified atom stereocenters. The molecule has 0 saturated carbocycles. The van der Waals surface area contributed by atoms with Crippen LogP contribution in [0.15, 0.2) is 41.3 Å². The second-order valence-corrected chi connectivity index (χ2v) is 7.14. The number of nitrogens with one attached hydrogen (secondary N) is 1. The van der Waals surface area contributed by atoms with Crippen molar-refractivity contribution in [2.45, 2.75) is 43.9 Å². The Morgan fingerprint density at radius 2 is 1.78 bits per heavy atom. The quantitative estimate of drug-likeness (QED) is 0.390. The van der Waals surface area contributed by atoms with E-state index in [0.717, 1.165) is 12.1 Å². The molecule has 0 amide bonds. The monoisotopic (exact) mass is 369 g/mol. The van der Waals surface area contributed by atoms with Gasteiger partial charge >= 0.3 is 0 Å². The maximum absolute atomic E-state index is 9.93. The van der Waals surface area contributed by atoms with E-state index in [4.69, 9.17) is 23.2 Å². The van der Waals surface area contributed by atoms with Gasteiger partial charge in [0.05, 0.1) is 9.92 Å². The van der Waals surface area contributed by atoms with Crippen LogP contribution < -0.4 is 4.72 Å². The molecule has 2 aromatic rings. The van der Waals surface area contributed by atoms with Gasteiger partial charge in [0.2, 0.25) is 0 Å². The van der Waals surface area contributed by atoms with Gasteiger partial charge in [0.25, 0.3) is 0 Å². The van der Waals surface area contributed by atoms with Crippen LogP contribution in [0.25, 0.3) is 0 Å². The zero-order chi connectivity index (χ0) is 16.7. The molecule has 5 heteroatoms. The average Bonchev–Trinajstić information content (AvgIpc) is 2.55. The number of unbranched alkanes of at least 4 members (excludes halogenated alkanes) is 3.